The summed E-state index contributed by atoms with van der Waals surface area (Å²) in [7, 11) is 0. The van der Waals surface area contributed by atoms with Crippen LogP contribution in [-0.4, -0.2) is 22.8 Å². The number of thiocarbonyl (C=S) groups is 1. The van der Waals surface area contributed by atoms with E-state index in [1.54, 1.807) is 0 Å². The fourth-order valence-corrected chi connectivity index (χ4v) is 2.50. The van der Waals surface area contributed by atoms with E-state index in [0.717, 1.165) is 11.1 Å². The maximum atomic E-state index is 12.4. The Hall–Kier alpha value is -2.73. The Kier molecular flexibility index (Phi) is 7.10. The molecule has 0 aliphatic heterocycles. The van der Waals surface area contributed by atoms with E-state index < -0.39 is 0 Å². The first-order chi connectivity index (χ1) is 12.1. The van der Waals surface area contributed by atoms with Gasteiger partial charge in [0.05, 0.1) is 18.2 Å². The van der Waals surface area contributed by atoms with Crippen LogP contribution in [-0.2, 0) is 11.2 Å². The summed E-state index contributed by atoms with van der Waals surface area (Å²) in [5.41, 5.74) is 10.7. The normalized spacial score (nSPS) is 12.3. The number of nitrogens with one attached hydrogen (secondary N) is 2. The van der Waals surface area contributed by atoms with Crippen LogP contribution in [0.15, 0.2) is 65.8 Å². The van der Waals surface area contributed by atoms with Crippen molar-refractivity contribution in [3.8, 4) is 0 Å². The fraction of sp³-hybridized carbons (Fsp3) is 0.211. The number of amides is 1. The first-order valence-corrected chi connectivity index (χ1v) is 8.52. The van der Waals surface area contributed by atoms with E-state index in [-0.39, 0.29) is 17.1 Å². The zero-order valence-electron chi connectivity index (χ0n) is 14.1. The zero-order valence-corrected chi connectivity index (χ0v) is 14.9. The third-order valence-electron chi connectivity index (χ3n) is 3.64. The van der Waals surface area contributed by atoms with Crippen molar-refractivity contribution in [2.75, 3.05) is 0 Å². The van der Waals surface area contributed by atoms with Crippen molar-refractivity contribution >= 4 is 28.9 Å². The SMILES string of the molecule is CCC(NC(=O)Cc1ccccc1)/C(=N/NC(N)=S)c1ccccc1. The molecule has 0 saturated heterocycles. The van der Waals surface area contributed by atoms with Gasteiger partial charge in [-0.15, -0.1) is 0 Å². The van der Waals surface area contributed by atoms with Crippen LogP contribution in [0.4, 0.5) is 0 Å². The van der Waals surface area contributed by atoms with Gasteiger partial charge in [-0.05, 0) is 29.8 Å². The summed E-state index contributed by atoms with van der Waals surface area (Å²) in [5.74, 6) is -0.0583. The highest BCUT2D eigenvalue weighted by Gasteiger charge is 2.19. The van der Waals surface area contributed by atoms with Gasteiger partial charge < -0.3 is 11.1 Å². The number of benzene rings is 2. The summed E-state index contributed by atoms with van der Waals surface area (Å²) >= 11 is 4.83. The maximum Gasteiger partial charge on any atom is 0.224 e. The van der Waals surface area contributed by atoms with Crippen LogP contribution in [0.25, 0.3) is 0 Å². The molecule has 0 aliphatic rings. The van der Waals surface area contributed by atoms with Crippen LogP contribution in [0.1, 0.15) is 24.5 Å². The van der Waals surface area contributed by atoms with Gasteiger partial charge >= 0.3 is 0 Å². The summed E-state index contributed by atoms with van der Waals surface area (Å²) in [4.78, 5) is 12.4. The summed E-state index contributed by atoms with van der Waals surface area (Å²) in [6.07, 6.45) is 1.01. The molecular weight excluding hydrogens is 332 g/mol. The molecule has 0 heterocycles. The van der Waals surface area contributed by atoms with Crippen LogP contribution in [0.5, 0.6) is 0 Å². The van der Waals surface area contributed by atoms with Gasteiger partial charge in [-0.2, -0.15) is 5.10 Å². The Balaban J connectivity index is 2.16. The zero-order chi connectivity index (χ0) is 18.1. The molecule has 1 unspecified atom stereocenters. The van der Waals surface area contributed by atoms with Gasteiger partial charge in [-0.25, -0.2) is 0 Å². The molecule has 2 aromatic rings. The smallest absolute Gasteiger partial charge is 0.224 e. The van der Waals surface area contributed by atoms with Crippen LogP contribution >= 0.6 is 12.2 Å². The van der Waals surface area contributed by atoms with E-state index in [4.69, 9.17) is 18.0 Å². The predicted octanol–water partition coefficient (Wildman–Crippen LogP) is 2.36. The topological polar surface area (TPSA) is 79.5 Å². The van der Waals surface area contributed by atoms with E-state index in [2.05, 4.69) is 15.8 Å². The van der Waals surface area contributed by atoms with Gasteiger partial charge in [-0.3, -0.25) is 10.2 Å². The number of hydrazone groups is 1. The molecule has 2 rings (SSSR count). The second kappa shape index (κ2) is 9.54. The van der Waals surface area contributed by atoms with Crippen molar-refractivity contribution in [1.29, 1.82) is 0 Å². The highest BCUT2D eigenvalue weighted by Crippen LogP contribution is 2.08. The largest absolute Gasteiger partial charge is 0.375 e. The van der Waals surface area contributed by atoms with Crippen LogP contribution in [0, 0.1) is 0 Å². The van der Waals surface area contributed by atoms with Crippen LogP contribution in [0.3, 0.4) is 0 Å². The van der Waals surface area contributed by atoms with E-state index in [1.165, 1.54) is 0 Å². The molecule has 5 nitrogen and oxygen atoms in total. The standard InChI is InChI=1S/C19H22N4OS/c1-2-16(21-17(24)13-14-9-5-3-6-10-14)18(22-23-19(20)25)15-11-7-4-8-12-15/h3-12,16H,2,13H2,1H3,(H,21,24)(H3,20,23,25)/b22-18+. The maximum absolute atomic E-state index is 12.4. The molecule has 1 atom stereocenters. The summed E-state index contributed by atoms with van der Waals surface area (Å²) < 4.78 is 0. The molecule has 25 heavy (non-hydrogen) atoms. The lowest BCUT2D eigenvalue weighted by molar-refractivity contribution is -0.120. The average molecular weight is 354 g/mol. The van der Waals surface area contributed by atoms with Crippen molar-refractivity contribution < 1.29 is 4.79 Å². The lowest BCUT2D eigenvalue weighted by Gasteiger charge is -2.20. The number of carbonyl (C=O) groups is 1. The first-order valence-electron chi connectivity index (χ1n) is 8.12. The number of nitrogens with two attached hydrogens (primary N) is 1. The van der Waals surface area contributed by atoms with Gasteiger partial charge in [0.1, 0.15) is 0 Å². The van der Waals surface area contributed by atoms with Crippen molar-refractivity contribution in [3.05, 3.63) is 71.8 Å². The van der Waals surface area contributed by atoms with E-state index in [1.807, 2.05) is 67.6 Å². The van der Waals surface area contributed by atoms with Gasteiger partial charge in [-0.1, -0.05) is 67.6 Å². The summed E-state index contributed by atoms with van der Waals surface area (Å²) in [6, 6.07) is 19.0. The Morgan fingerprint density at radius 2 is 1.72 bits per heavy atom. The highest BCUT2D eigenvalue weighted by molar-refractivity contribution is 7.80. The van der Waals surface area contributed by atoms with Crippen molar-refractivity contribution in [2.24, 2.45) is 10.8 Å². The van der Waals surface area contributed by atoms with Gasteiger partial charge in [0.25, 0.3) is 0 Å². The second-order valence-electron chi connectivity index (χ2n) is 5.53. The lowest BCUT2D eigenvalue weighted by atomic mass is 10.0. The molecule has 2 aromatic carbocycles. The molecule has 0 saturated carbocycles. The molecule has 0 aromatic heterocycles. The van der Waals surface area contributed by atoms with E-state index in [0.29, 0.717) is 18.6 Å². The Morgan fingerprint density at radius 3 is 2.28 bits per heavy atom. The molecule has 130 valence electrons. The molecule has 0 bridgehead atoms. The highest BCUT2D eigenvalue weighted by atomic mass is 32.1. The summed E-state index contributed by atoms with van der Waals surface area (Å²) in [5, 5.41) is 7.44. The molecule has 0 spiro atoms. The lowest BCUT2D eigenvalue weighted by Crippen LogP contribution is -2.42. The number of carbonyl (C=O) groups excluding carboxylic acids is 1. The quantitative estimate of drug-likeness (QED) is 0.405. The third kappa shape index (κ3) is 6.00. The molecule has 6 heteroatoms. The van der Waals surface area contributed by atoms with E-state index >= 15 is 0 Å². The average Bonchev–Trinajstić information content (AvgIpc) is 2.62. The second-order valence-corrected chi connectivity index (χ2v) is 5.97. The first kappa shape index (κ1) is 18.6. The number of rotatable bonds is 7. The van der Waals surface area contributed by atoms with Crippen molar-refractivity contribution in [2.45, 2.75) is 25.8 Å². The van der Waals surface area contributed by atoms with Crippen LogP contribution in [0.2, 0.25) is 0 Å². The summed E-state index contributed by atoms with van der Waals surface area (Å²) in [6.45, 7) is 1.99. The van der Waals surface area contributed by atoms with Gasteiger partial charge in [0.15, 0.2) is 5.11 Å². The van der Waals surface area contributed by atoms with Crippen LogP contribution < -0.4 is 16.5 Å². The minimum Gasteiger partial charge on any atom is -0.375 e. The van der Waals surface area contributed by atoms with Gasteiger partial charge in [0.2, 0.25) is 5.91 Å². The Bertz CT molecular complexity index is 732. The molecule has 4 N–H and O–H groups in total. The minimum atomic E-state index is -0.250. The number of hydrogen-bond donors (Lipinski definition) is 3. The molecular formula is C19H22N4OS. The van der Waals surface area contributed by atoms with Crippen molar-refractivity contribution in [3.63, 3.8) is 0 Å². The predicted molar refractivity (Wildman–Crippen MR) is 105 cm³/mol. The third-order valence-corrected chi connectivity index (χ3v) is 3.73. The molecule has 0 radical (unpaired) electrons. The number of hydrogen-bond acceptors (Lipinski definition) is 3. The number of nitrogens with zero attached hydrogens (tertiary/aromatic N) is 1. The molecule has 0 aliphatic carbocycles. The molecule has 1 amide bonds. The molecule has 0 fully saturated rings. The Labute approximate surface area is 153 Å². The van der Waals surface area contributed by atoms with Gasteiger partial charge in [0, 0.05) is 0 Å². The van der Waals surface area contributed by atoms with Crippen molar-refractivity contribution in [1.82, 2.24) is 10.7 Å². The van der Waals surface area contributed by atoms with E-state index in [9.17, 15) is 4.79 Å². The minimum absolute atomic E-state index is 0.0583. The Morgan fingerprint density at radius 1 is 1.12 bits per heavy atom. The monoisotopic (exact) mass is 354 g/mol. The fourth-order valence-electron chi connectivity index (χ4n) is 2.46.